The average molecular weight is 489 g/mol. The summed E-state index contributed by atoms with van der Waals surface area (Å²) in [4.78, 5) is 43.1. The highest BCUT2D eigenvalue weighted by Gasteiger charge is 2.34. The molecule has 36 heavy (non-hydrogen) atoms. The Bertz CT molecular complexity index is 1520. The van der Waals surface area contributed by atoms with Gasteiger partial charge < -0.3 is 10.2 Å². The molecule has 8 nitrogen and oxygen atoms in total. The summed E-state index contributed by atoms with van der Waals surface area (Å²) in [6, 6.07) is 18.0. The number of benzene rings is 2. The van der Waals surface area contributed by atoms with Gasteiger partial charge in [-0.1, -0.05) is 55.3 Å². The van der Waals surface area contributed by atoms with Crippen LogP contribution in [0.1, 0.15) is 41.8 Å². The zero-order chi connectivity index (χ0) is 25.2. The number of rotatable bonds is 6. The summed E-state index contributed by atoms with van der Waals surface area (Å²) in [6.07, 6.45) is 3.11. The van der Waals surface area contributed by atoms with Gasteiger partial charge in [-0.2, -0.15) is 0 Å². The van der Waals surface area contributed by atoms with E-state index in [1.54, 1.807) is 18.2 Å². The van der Waals surface area contributed by atoms with Crippen molar-refractivity contribution in [3.63, 3.8) is 0 Å². The van der Waals surface area contributed by atoms with Crippen molar-refractivity contribution in [1.82, 2.24) is 9.55 Å². The van der Waals surface area contributed by atoms with E-state index < -0.39 is 23.0 Å². The van der Waals surface area contributed by atoms with Gasteiger partial charge in [0.2, 0.25) is 0 Å². The van der Waals surface area contributed by atoms with Crippen LogP contribution in [0.2, 0.25) is 0 Å². The Morgan fingerprint density at radius 2 is 1.72 bits per heavy atom. The molecule has 9 heteroatoms. The summed E-state index contributed by atoms with van der Waals surface area (Å²) < 4.78 is 21.3. The third-order valence-electron chi connectivity index (χ3n) is 6.50. The van der Waals surface area contributed by atoms with Crippen LogP contribution in [0.4, 0.5) is 15.9 Å². The Kier molecular flexibility index (Phi) is 6.28. The molecule has 0 radical (unpaired) electrons. The third-order valence-corrected chi connectivity index (χ3v) is 6.50. The number of amides is 1. The van der Waals surface area contributed by atoms with Crippen LogP contribution in [0.5, 0.6) is 0 Å². The summed E-state index contributed by atoms with van der Waals surface area (Å²) in [5.41, 5.74) is 5.93. The van der Waals surface area contributed by atoms with Crippen molar-refractivity contribution < 1.29 is 13.6 Å². The SMILES string of the molecule is Nc1c(N(C(=O)c2ccc(-c3ccccc3F)o2)C2CCCC2)c(=O)[nH]c(=O)n1Cc1ccccc1. The number of H-pyrrole nitrogens is 1. The molecule has 3 N–H and O–H groups in total. The highest BCUT2D eigenvalue weighted by atomic mass is 19.1. The van der Waals surface area contributed by atoms with E-state index >= 15 is 0 Å². The predicted molar refractivity (Wildman–Crippen MR) is 134 cm³/mol. The van der Waals surface area contributed by atoms with Crippen LogP contribution in [0.25, 0.3) is 11.3 Å². The molecule has 4 aromatic rings. The van der Waals surface area contributed by atoms with E-state index in [-0.39, 0.29) is 41.2 Å². The maximum Gasteiger partial charge on any atom is 0.330 e. The normalized spacial score (nSPS) is 13.7. The molecule has 184 valence electrons. The largest absolute Gasteiger partial charge is 0.451 e. The Hall–Kier alpha value is -4.40. The fraction of sp³-hybridized carbons (Fsp3) is 0.222. The molecule has 5 rings (SSSR count). The van der Waals surface area contributed by atoms with Crippen LogP contribution in [0, 0.1) is 5.82 Å². The number of nitrogen functional groups attached to an aromatic ring is 1. The first-order valence-electron chi connectivity index (χ1n) is 11.8. The Morgan fingerprint density at radius 1 is 1.03 bits per heavy atom. The molecule has 1 fully saturated rings. The van der Waals surface area contributed by atoms with Crippen LogP contribution in [0.3, 0.4) is 0 Å². The van der Waals surface area contributed by atoms with E-state index in [1.807, 2.05) is 30.3 Å². The summed E-state index contributed by atoms with van der Waals surface area (Å²) in [5.74, 6) is -1.02. The van der Waals surface area contributed by atoms with Gasteiger partial charge in [-0.05, 0) is 42.7 Å². The van der Waals surface area contributed by atoms with Crippen molar-refractivity contribution in [3.05, 3.63) is 105 Å². The summed E-state index contributed by atoms with van der Waals surface area (Å²) in [5, 5.41) is 0. The van der Waals surface area contributed by atoms with Gasteiger partial charge in [0.05, 0.1) is 12.1 Å². The summed E-state index contributed by atoms with van der Waals surface area (Å²) in [6.45, 7) is 0.125. The van der Waals surface area contributed by atoms with E-state index in [9.17, 15) is 18.8 Å². The minimum atomic E-state index is -0.747. The van der Waals surface area contributed by atoms with Gasteiger partial charge in [-0.3, -0.25) is 24.0 Å². The fourth-order valence-corrected chi connectivity index (χ4v) is 4.72. The monoisotopic (exact) mass is 488 g/mol. The van der Waals surface area contributed by atoms with Gasteiger partial charge in [0.15, 0.2) is 11.4 Å². The first-order chi connectivity index (χ1) is 17.4. The third kappa shape index (κ3) is 4.35. The number of aromatic nitrogens is 2. The topological polar surface area (TPSA) is 114 Å². The number of nitrogens with one attached hydrogen (secondary N) is 1. The predicted octanol–water partition coefficient (Wildman–Crippen LogP) is 4.16. The van der Waals surface area contributed by atoms with Gasteiger partial charge in [0.25, 0.3) is 11.5 Å². The molecule has 0 atom stereocenters. The van der Waals surface area contributed by atoms with Gasteiger partial charge >= 0.3 is 5.69 Å². The number of nitrogens with two attached hydrogens (primary N) is 1. The lowest BCUT2D eigenvalue weighted by Crippen LogP contribution is -2.45. The molecule has 1 aliphatic rings. The molecule has 2 heterocycles. The first kappa shape index (κ1) is 23.3. The van der Waals surface area contributed by atoms with Gasteiger partial charge in [-0.25, -0.2) is 9.18 Å². The lowest BCUT2D eigenvalue weighted by molar-refractivity contribution is 0.0950. The minimum absolute atomic E-state index is 0.0558. The number of nitrogens with zero attached hydrogens (tertiary/aromatic N) is 2. The van der Waals surface area contributed by atoms with E-state index in [0.29, 0.717) is 12.8 Å². The molecule has 2 aromatic heterocycles. The maximum absolute atomic E-state index is 14.3. The van der Waals surface area contributed by atoms with Crippen molar-refractivity contribution >= 4 is 17.4 Å². The molecule has 1 aliphatic carbocycles. The second kappa shape index (κ2) is 9.69. The number of aromatic amines is 1. The van der Waals surface area contributed by atoms with Gasteiger partial charge in [-0.15, -0.1) is 0 Å². The van der Waals surface area contributed by atoms with Crippen molar-refractivity contribution in [3.8, 4) is 11.3 Å². The second-order valence-electron chi connectivity index (χ2n) is 8.82. The van der Waals surface area contributed by atoms with E-state index in [1.165, 1.54) is 27.7 Å². The second-order valence-corrected chi connectivity index (χ2v) is 8.82. The van der Waals surface area contributed by atoms with Crippen LogP contribution in [0.15, 0.2) is 80.7 Å². The number of carbonyl (C=O) groups is 1. The average Bonchev–Trinajstić information content (AvgIpc) is 3.58. The highest BCUT2D eigenvalue weighted by Crippen LogP contribution is 2.32. The number of furan rings is 1. The van der Waals surface area contributed by atoms with Crippen LogP contribution >= 0.6 is 0 Å². The van der Waals surface area contributed by atoms with Crippen molar-refractivity contribution in [2.75, 3.05) is 10.6 Å². The Labute approximate surface area is 205 Å². The zero-order valence-corrected chi connectivity index (χ0v) is 19.4. The number of carbonyl (C=O) groups excluding carboxylic acids is 1. The smallest absolute Gasteiger partial charge is 0.330 e. The first-order valence-corrected chi connectivity index (χ1v) is 11.8. The maximum atomic E-state index is 14.3. The van der Waals surface area contributed by atoms with Gasteiger partial charge in [0.1, 0.15) is 17.4 Å². The van der Waals surface area contributed by atoms with Crippen LogP contribution in [-0.2, 0) is 6.54 Å². The molecule has 0 aliphatic heterocycles. The zero-order valence-electron chi connectivity index (χ0n) is 19.4. The molecular formula is C27H25FN4O4. The molecule has 2 aromatic carbocycles. The Morgan fingerprint density at radius 3 is 2.44 bits per heavy atom. The van der Waals surface area contributed by atoms with Crippen LogP contribution in [-0.4, -0.2) is 21.5 Å². The highest BCUT2D eigenvalue weighted by molar-refractivity contribution is 6.06. The van der Waals surface area contributed by atoms with Crippen molar-refractivity contribution in [1.29, 1.82) is 0 Å². The van der Waals surface area contributed by atoms with Crippen molar-refractivity contribution in [2.24, 2.45) is 0 Å². The van der Waals surface area contributed by atoms with E-state index in [2.05, 4.69) is 4.98 Å². The molecule has 0 saturated heterocycles. The van der Waals surface area contributed by atoms with Crippen LogP contribution < -0.4 is 21.9 Å². The standard InChI is InChI=1S/C27H25FN4O4/c28-20-13-7-6-12-19(20)21-14-15-22(36-21)26(34)32(18-10-4-5-11-18)23-24(29)31(27(35)30-25(23)33)16-17-8-2-1-3-9-17/h1-3,6-9,12-15,18H,4-5,10-11,16,29H2,(H,30,33,35). The molecule has 1 amide bonds. The molecule has 1 saturated carbocycles. The molecular weight excluding hydrogens is 463 g/mol. The quantitative estimate of drug-likeness (QED) is 0.423. The summed E-state index contributed by atoms with van der Waals surface area (Å²) in [7, 11) is 0. The van der Waals surface area contributed by atoms with E-state index in [4.69, 9.17) is 10.2 Å². The number of anilines is 2. The number of hydrogen-bond acceptors (Lipinski definition) is 5. The lowest BCUT2D eigenvalue weighted by Gasteiger charge is -2.29. The van der Waals surface area contributed by atoms with Gasteiger partial charge in [0, 0.05) is 6.04 Å². The molecule has 0 bridgehead atoms. The number of halogens is 1. The Balaban J connectivity index is 1.58. The minimum Gasteiger partial charge on any atom is -0.451 e. The summed E-state index contributed by atoms with van der Waals surface area (Å²) >= 11 is 0. The van der Waals surface area contributed by atoms with E-state index in [0.717, 1.165) is 18.4 Å². The molecule has 0 spiro atoms. The fourth-order valence-electron chi connectivity index (χ4n) is 4.72. The molecule has 0 unspecified atom stereocenters. The lowest BCUT2D eigenvalue weighted by atomic mass is 10.1. The number of hydrogen-bond donors (Lipinski definition) is 2. The van der Waals surface area contributed by atoms with Crippen molar-refractivity contribution in [2.45, 2.75) is 38.3 Å².